The van der Waals surface area contributed by atoms with Gasteiger partial charge in [-0.25, -0.2) is 4.18 Å². The van der Waals surface area contributed by atoms with Gasteiger partial charge in [-0.15, -0.1) is 0 Å². The molecule has 0 saturated carbocycles. The van der Waals surface area contributed by atoms with Crippen molar-refractivity contribution >= 4 is 16.4 Å². The maximum absolute atomic E-state index is 12.9. The predicted octanol–water partition coefficient (Wildman–Crippen LogP) is 12.0. The van der Waals surface area contributed by atoms with Gasteiger partial charge in [0.1, 0.15) is 30.5 Å². The molecule has 4 N–H and O–H groups in total. The number of rotatable bonds is 44. The van der Waals surface area contributed by atoms with Crippen LogP contribution in [0.4, 0.5) is 0 Å². The third-order valence-corrected chi connectivity index (χ3v) is 11.7. The Balaban J connectivity index is 2.39. The molecule has 0 aromatic heterocycles. The van der Waals surface area contributed by atoms with E-state index in [-0.39, 0.29) is 19.6 Å². The fourth-order valence-electron chi connectivity index (χ4n) is 7.42. The molecule has 1 aliphatic heterocycles. The standard InChI is InChI=1S/C54H92O12S/c1-3-5-7-9-11-13-15-17-19-20-21-22-23-24-25-26-27-28-29-31-33-35-37-39-41-43-50(56)64-48(47-63-54-52(58)53(66-67(59,60)61)51(57)49(45-55)65-54)46-62-44-42-40-38-36-34-32-30-18-16-14-12-10-8-6-4-2/h5,7,11,13,17,19,21-22,24-25,27-28,31,33,48-49,51-55,57-58H,3-4,6,8-10,12,14-16,18,20,23,26,29-30,32,34-47H2,1-2H3,(H,59,60,61)/b7-5-,13-11-,19-17-,22-21-,25-24-,28-27-,33-31-. The van der Waals surface area contributed by atoms with E-state index in [4.69, 9.17) is 18.9 Å². The van der Waals surface area contributed by atoms with E-state index < -0.39 is 59.8 Å². The highest BCUT2D eigenvalue weighted by Crippen LogP contribution is 2.26. The molecule has 6 atom stereocenters. The number of ether oxygens (including phenoxy) is 4. The van der Waals surface area contributed by atoms with E-state index in [1.165, 1.54) is 77.0 Å². The van der Waals surface area contributed by atoms with E-state index in [1.807, 2.05) is 0 Å². The maximum Gasteiger partial charge on any atom is 0.397 e. The van der Waals surface area contributed by atoms with Gasteiger partial charge < -0.3 is 34.3 Å². The minimum atomic E-state index is -5.07. The molecule has 6 unspecified atom stereocenters. The number of esters is 1. The zero-order valence-corrected chi connectivity index (χ0v) is 42.2. The second-order valence-electron chi connectivity index (χ2n) is 17.4. The largest absolute Gasteiger partial charge is 0.457 e. The molecule has 386 valence electrons. The zero-order valence-electron chi connectivity index (χ0n) is 41.4. The summed E-state index contributed by atoms with van der Waals surface area (Å²) in [6.07, 6.45) is 50.4. The SMILES string of the molecule is CC/C=C\C/C=C\C/C=C\C/C=C\C/C=C\C/C=C\C/C=C\CCCCCC(=O)OC(COCCCCCCCCCCCCCCCCC)COC1OC(CO)C(O)C(OS(=O)(=O)O)C1O. The monoisotopic (exact) mass is 965 g/mol. The molecule has 0 aromatic carbocycles. The Bertz CT molecular complexity index is 1490. The molecule has 1 aliphatic rings. The molecule has 0 amide bonds. The lowest BCUT2D eigenvalue weighted by atomic mass is 9.99. The second kappa shape index (κ2) is 44.5. The van der Waals surface area contributed by atoms with Gasteiger partial charge in [-0.1, -0.05) is 195 Å². The molecule has 67 heavy (non-hydrogen) atoms. The Kier molecular flexibility index (Phi) is 41.4. The number of aliphatic hydroxyl groups is 3. The number of carbonyl (C=O) groups is 1. The number of hydrogen-bond donors (Lipinski definition) is 4. The summed E-state index contributed by atoms with van der Waals surface area (Å²) in [6, 6.07) is 0. The van der Waals surface area contributed by atoms with Gasteiger partial charge in [0.2, 0.25) is 0 Å². The summed E-state index contributed by atoms with van der Waals surface area (Å²) in [4.78, 5) is 12.9. The highest BCUT2D eigenvalue weighted by atomic mass is 32.3. The van der Waals surface area contributed by atoms with Crippen molar-refractivity contribution in [1.29, 1.82) is 0 Å². The van der Waals surface area contributed by atoms with Gasteiger partial charge in [0.15, 0.2) is 6.29 Å². The Hall–Kier alpha value is -2.72. The molecule has 0 aromatic rings. The zero-order chi connectivity index (χ0) is 48.9. The molecular formula is C54H92O12S. The van der Waals surface area contributed by atoms with Gasteiger partial charge in [-0.3, -0.25) is 9.35 Å². The summed E-state index contributed by atoms with van der Waals surface area (Å²) in [5, 5.41) is 30.7. The number of carbonyl (C=O) groups excluding carboxylic acids is 1. The van der Waals surface area contributed by atoms with Crippen LogP contribution >= 0.6 is 0 Å². The minimum Gasteiger partial charge on any atom is -0.457 e. The number of hydrogen-bond acceptors (Lipinski definition) is 11. The third-order valence-electron chi connectivity index (χ3n) is 11.3. The maximum atomic E-state index is 12.9. The molecular weight excluding hydrogens is 873 g/mol. The first kappa shape index (κ1) is 62.3. The van der Waals surface area contributed by atoms with Gasteiger partial charge in [0, 0.05) is 13.0 Å². The Morgan fingerprint density at radius 1 is 0.582 bits per heavy atom. The molecule has 1 fully saturated rings. The summed E-state index contributed by atoms with van der Waals surface area (Å²) in [5.74, 6) is -0.432. The van der Waals surface area contributed by atoms with Crippen LogP contribution in [0.1, 0.15) is 187 Å². The number of aliphatic hydroxyl groups excluding tert-OH is 3. The molecule has 13 heteroatoms. The van der Waals surface area contributed by atoms with Crippen molar-refractivity contribution in [3.63, 3.8) is 0 Å². The smallest absolute Gasteiger partial charge is 0.397 e. The van der Waals surface area contributed by atoms with Crippen LogP contribution < -0.4 is 0 Å². The summed E-state index contributed by atoms with van der Waals surface area (Å²) >= 11 is 0. The summed E-state index contributed by atoms with van der Waals surface area (Å²) in [5.41, 5.74) is 0. The fourth-order valence-corrected chi connectivity index (χ4v) is 7.93. The van der Waals surface area contributed by atoms with Crippen LogP contribution in [0, 0.1) is 0 Å². The van der Waals surface area contributed by atoms with Crippen molar-refractivity contribution in [3.05, 3.63) is 85.1 Å². The van der Waals surface area contributed by atoms with Gasteiger partial charge in [0.05, 0.1) is 19.8 Å². The summed E-state index contributed by atoms with van der Waals surface area (Å²) in [6.45, 7) is 3.84. The Morgan fingerprint density at radius 3 is 1.49 bits per heavy atom. The highest BCUT2D eigenvalue weighted by molar-refractivity contribution is 7.80. The van der Waals surface area contributed by atoms with Crippen molar-refractivity contribution in [2.24, 2.45) is 0 Å². The van der Waals surface area contributed by atoms with Crippen LogP contribution in [0.2, 0.25) is 0 Å². The van der Waals surface area contributed by atoms with Crippen molar-refractivity contribution in [3.8, 4) is 0 Å². The van der Waals surface area contributed by atoms with E-state index >= 15 is 0 Å². The molecule has 1 heterocycles. The number of allylic oxidation sites excluding steroid dienone is 14. The van der Waals surface area contributed by atoms with E-state index in [1.54, 1.807) is 0 Å². The van der Waals surface area contributed by atoms with Crippen molar-refractivity contribution in [2.75, 3.05) is 26.4 Å². The van der Waals surface area contributed by atoms with E-state index in [9.17, 15) is 33.1 Å². The highest BCUT2D eigenvalue weighted by Gasteiger charge is 2.48. The normalized spacial score (nSPS) is 20.1. The van der Waals surface area contributed by atoms with Crippen molar-refractivity contribution in [2.45, 2.75) is 224 Å². The molecule has 1 rings (SSSR count). The topological polar surface area (TPSA) is 178 Å². The van der Waals surface area contributed by atoms with Crippen LogP contribution in [0.15, 0.2) is 85.1 Å². The van der Waals surface area contributed by atoms with Crippen LogP contribution in [-0.2, 0) is 38.3 Å². The second-order valence-corrected chi connectivity index (χ2v) is 18.4. The quantitative estimate of drug-likeness (QED) is 0.0197. The minimum absolute atomic E-state index is 0.0196. The predicted molar refractivity (Wildman–Crippen MR) is 271 cm³/mol. The molecule has 1 saturated heterocycles. The first-order chi connectivity index (χ1) is 32.6. The van der Waals surface area contributed by atoms with Crippen LogP contribution in [-0.4, -0.2) is 97.5 Å². The van der Waals surface area contributed by atoms with E-state index in [2.05, 4.69) is 103 Å². The van der Waals surface area contributed by atoms with Gasteiger partial charge in [-0.05, 0) is 70.6 Å². The van der Waals surface area contributed by atoms with Crippen molar-refractivity contribution in [1.82, 2.24) is 0 Å². The lowest BCUT2D eigenvalue weighted by Crippen LogP contribution is -2.60. The molecule has 0 radical (unpaired) electrons. The van der Waals surface area contributed by atoms with E-state index in [0.29, 0.717) is 13.0 Å². The third kappa shape index (κ3) is 37.8. The molecule has 0 bridgehead atoms. The molecule has 12 nitrogen and oxygen atoms in total. The van der Waals surface area contributed by atoms with Crippen LogP contribution in [0.25, 0.3) is 0 Å². The Labute approximate surface area is 406 Å². The average Bonchev–Trinajstić information content (AvgIpc) is 3.30. The average molecular weight is 965 g/mol. The fraction of sp³-hybridized carbons (Fsp3) is 0.722. The van der Waals surface area contributed by atoms with Gasteiger partial charge in [0.25, 0.3) is 0 Å². The summed E-state index contributed by atoms with van der Waals surface area (Å²) < 4.78 is 59.2. The van der Waals surface area contributed by atoms with Gasteiger partial charge in [-0.2, -0.15) is 8.42 Å². The lowest BCUT2D eigenvalue weighted by molar-refractivity contribution is -0.301. The Morgan fingerprint density at radius 2 is 1.03 bits per heavy atom. The molecule has 0 spiro atoms. The number of unbranched alkanes of at least 4 members (excludes halogenated alkanes) is 17. The van der Waals surface area contributed by atoms with Crippen LogP contribution in [0.5, 0.6) is 0 Å². The van der Waals surface area contributed by atoms with Crippen molar-refractivity contribution < 1.29 is 56.2 Å². The van der Waals surface area contributed by atoms with Crippen LogP contribution in [0.3, 0.4) is 0 Å². The summed E-state index contributed by atoms with van der Waals surface area (Å²) in [7, 11) is -5.07. The van der Waals surface area contributed by atoms with E-state index in [0.717, 1.165) is 83.5 Å². The lowest BCUT2D eigenvalue weighted by Gasteiger charge is -2.41. The molecule has 0 aliphatic carbocycles. The first-order valence-electron chi connectivity index (χ1n) is 25.8. The van der Waals surface area contributed by atoms with Gasteiger partial charge >= 0.3 is 16.4 Å². The first-order valence-corrected chi connectivity index (χ1v) is 27.2.